The van der Waals surface area contributed by atoms with Gasteiger partial charge in [0.05, 0.1) is 23.9 Å². The lowest BCUT2D eigenvalue weighted by molar-refractivity contribution is -0.117. The largest absolute Gasteiger partial charge is 0.503 e. The van der Waals surface area contributed by atoms with Gasteiger partial charge in [0, 0.05) is 0 Å². The fourth-order valence-electron chi connectivity index (χ4n) is 4.18. The van der Waals surface area contributed by atoms with E-state index >= 15 is 0 Å². The fraction of sp³-hybridized carbons (Fsp3) is 0.226. The van der Waals surface area contributed by atoms with Gasteiger partial charge < -0.3 is 14.6 Å². The van der Waals surface area contributed by atoms with E-state index in [0.29, 0.717) is 23.6 Å². The summed E-state index contributed by atoms with van der Waals surface area (Å²) < 4.78 is 11.0. The summed E-state index contributed by atoms with van der Waals surface area (Å²) in [4.78, 5) is 45.5. The quantitative estimate of drug-likeness (QED) is 0.123. The molecule has 40 heavy (non-hydrogen) atoms. The molecular weight excluding hydrogens is 528 g/mol. The number of hydrogen-bond acceptors (Lipinski definition) is 8. The highest BCUT2D eigenvalue weighted by Gasteiger charge is 2.45. The molecule has 0 aliphatic carbocycles. The van der Waals surface area contributed by atoms with Crippen molar-refractivity contribution in [3.05, 3.63) is 106 Å². The van der Waals surface area contributed by atoms with Crippen molar-refractivity contribution >= 4 is 40.2 Å². The molecule has 1 amide bonds. The molecule has 0 saturated heterocycles. The number of ether oxygens (including phenoxy) is 2. The third-order valence-electron chi connectivity index (χ3n) is 6.15. The van der Waals surface area contributed by atoms with Crippen LogP contribution in [0, 0.1) is 6.92 Å². The Hall–Kier alpha value is -4.50. The molecule has 2 heterocycles. The summed E-state index contributed by atoms with van der Waals surface area (Å²) in [6.45, 7) is 7.78. The summed E-state index contributed by atoms with van der Waals surface area (Å²) in [5.74, 6) is -2.03. The van der Waals surface area contributed by atoms with Crippen molar-refractivity contribution < 1.29 is 29.0 Å². The van der Waals surface area contributed by atoms with Crippen LogP contribution in [0.2, 0.25) is 0 Å². The molecule has 0 spiro atoms. The lowest BCUT2D eigenvalue weighted by Gasteiger charge is -2.24. The van der Waals surface area contributed by atoms with Gasteiger partial charge in [-0.05, 0) is 42.7 Å². The maximum atomic E-state index is 13.5. The van der Waals surface area contributed by atoms with Crippen LogP contribution in [0.4, 0.5) is 5.13 Å². The number of allylic oxidation sites excluding steroid dienone is 1. The number of carbonyl (C=O) groups excluding carboxylic acids is 3. The molecule has 8 nitrogen and oxygen atoms in total. The minimum atomic E-state index is -1.00. The average molecular weight is 559 g/mol. The molecule has 206 valence electrons. The van der Waals surface area contributed by atoms with Crippen molar-refractivity contribution in [1.29, 1.82) is 0 Å². The molecule has 3 aromatic rings. The van der Waals surface area contributed by atoms with Gasteiger partial charge in [0.25, 0.3) is 5.91 Å². The maximum Gasteiger partial charge on any atom is 0.350 e. The van der Waals surface area contributed by atoms with Gasteiger partial charge in [-0.1, -0.05) is 85.9 Å². The van der Waals surface area contributed by atoms with Crippen LogP contribution in [0.3, 0.4) is 0 Å². The number of unbranched alkanes of at least 4 members (excludes halogenated alkanes) is 1. The number of thiazole rings is 1. The van der Waals surface area contributed by atoms with E-state index in [0.717, 1.165) is 29.7 Å². The van der Waals surface area contributed by atoms with Crippen LogP contribution in [-0.2, 0) is 14.3 Å². The van der Waals surface area contributed by atoms with Gasteiger partial charge in [-0.15, -0.1) is 0 Å². The number of aromatic nitrogens is 1. The Morgan fingerprint density at radius 1 is 1.18 bits per heavy atom. The molecule has 1 aliphatic rings. The van der Waals surface area contributed by atoms with Crippen LogP contribution in [0.1, 0.15) is 52.3 Å². The average Bonchev–Trinajstić information content (AvgIpc) is 3.47. The van der Waals surface area contributed by atoms with Crippen LogP contribution < -0.4 is 9.64 Å². The van der Waals surface area contributed by atoms with Crippen molar-refractivity contribution in [2.24, 2.45) is 0 Å². The van der Waals surface area contributed by atoms with E-state index in [1.165, 1.54) is 17.1 Å². The Morgan fingerprint density at radius 3 is 2.67 bits per heavy atom. The van der Waals surface area contributed by atoms with Crippen molar-refractivity contribution in [2.45, 2.75) is 32.7 Å². The molecule has 2 aromatic carbocycles. The standard InChI is InChI=1S/C31H30N2O6S/c1-4-6-18-38-23-14-10-13-22(19-23)26-25(24(34)16-15-21-11-8-7-9-12-21)27(35)29(36)33(26)31-32-20(3)28(40-31)30(37)39-17-5-2/h5,7-16,19,26,35H,2,4,6,17-18H2,1,3H3/b16-15+. The number of benzene rings is 2. The number of anilines is 1. The van der Waals surface area contributed by atoms with Crippen LogP contribution >= 0.6 is 11.3 Å². The number of aryl methyl sites for hydroxylation is 1. The highest BCUT2D eigenvalue weighted by Crippen LogP contribution is 2.43. The number of amides is 1. The number of aliphatic hydroxyl groups excluding tert-OH is 1. The van der Waals surface area contributed by atoms with E-state index < -0.39 is 29.5 Å². The van der Waals surface area contributed by atoms with Gasteiger partial charge in [-0.25, -0.2) is 9.78 Å². The van der Waals surface area contributed by atoms with Gasteiger partial charge in [-0.2, -0.15) is 0 Å². The minimum absolute atomic E-state index is 0.0241. The number of rotatable bonds is 12. The van der Waals surface area contributed by atoms with Gasteiger partial charge >= 0.3 is 5.97 Å². The Bertz CT molecular complexity index is 1470. The first-order chi connectivity index (χ1) is 19.3. The lowest BCUT2D eigenvalue weighted by atomic mass is 9.95. The Labute approximate surface area is 236 Å². The SMILES string of the molecule is C=CCOC(=O)c1sc(N2C(=O)C(O)=C(C(=O)/C=C/c3ccccc3)C2c2cccc(OCCCC)c2)nc1C. The van der Waals surface area contributed by atoms with Crippen molar-refractivity contribution in [2.75, 3.05) is 18.1 Å². The number of carbonyl (C=O) groups is 3. The summed E-state index contributed by atoms with van der Waals surface area (Å²) in [6, 6.07) is 15.3. The highest BCUT2D eigenvalue weighted by atomic mass is 32.1. The first-order valence-electron chi connectivity index (χ1n) is 12.9. The normalized spacial score (nSPS) is 15.1. The summed E-state index contributed by atoms with van der Waals surface area (Å²) >= 11 is 0.951. The lowest BCUT2D eigenvalue weighted by Crippen LogP contribution is -2.30. The molecule has 0 bridgehead atoms. The molecule has 1 N–H and O–H groups in total. The van der Waals surface area contributed by atoms with Crippen molar-refractivity contribution in [1.82, 2.24) is 4.98 Å². The molecule has 0 radical (unpaired) electrons. The monoisotopic (exact) mass is 558 g/mol. The maximum absolute atomic E-state index is 13.5. The summed E-state index contributed by atoms with van der Waals surface area (Å²) in [5.41, 5.74) is 1.61. The topological polar surface area (TPSA) is 106 Å². The van der Waals surface area contributed by atoms with Gasteiger partial charge in [0.1, 0.15) is 17.2 Å². The number of nitrogens with zero attached hydrogens (tertiary/aromatic N) is 2. The molecule has 1 unspecified atom stereocenters. The van der Waals surface area contributed by atoms with Crippen molar-refractivity contribution in [3.63, 3.8) is 0 Å². The zero-order valence-corrected chi connectivity index (χ0v) is 23.1. The third kappa shape index (κ3) is 6.21. The first kappa shape index (κ1) is 28.5. The highest BCUT2D eigenvalue weighted by molar-refractivity contribution is 7.17. The molecule has 9 heteroatoms. The number of ketones is 1. The van der Waals surface area contributed by atoms with E-state index in [2.05, 4.69) is 18.5 Å². The predicted octanol–water partition coefficient (Wildman–Crippen LogP) is 6.16. The summed E-state index contributed by atoms with van der Waals surface area (Å²) in [5, 5.41) is 11.2. The molecule has 1 aliphatic heterocycles. The second-order valence-electron chi connectivity index (χ2n) is 9.02. The molecule has 0 fully saturated rings. The molecule has 0 saturated carbocycles. The second-order valence-corrected chi connectivity index (χ2v) is 10.00. The zero-order chi connectivity index (χ0) is 28.6. The van der Waals surface area contributed by atoms with Gasteiger partial charge in [0.15, 0.2) is 16.7 Å². The first-order valence-corrected chi connectivity index (χ1v) is 13.7. The van der Waals surface area contributed by atoms with E-state index in [1.807, 2.05) is 30.3 Å². The second kappa shape index (κ2) is 13.0. The van der Waals surface area contributed by atoms with E-state index in [1.54, 1.807) is 37.3 Å². The van der Waals surface area contributed by atoms with Gasteiger partial charge in [0.2, 0.25) is 0 Å². The zero-order valence-electron chi connectivity index (χ0n) is 22.3. The molecular formula is C31H30N2O6S. The van der Waals surface area contributed by atoms with Crippen LogP contribution in [-0.4, -0.2) is 41.0 Å². The third-order valence-corrected chi connectivity index (χ3v) is 7.29. The van der Waals surface area contributed by atoms with Gasteiger partial charge in [-0.3, -0.25) is 14.5 Å². The van der Waals surface area contributed by atoms with E-state index in [9.17, 15) is 19.5 Å². The van der Waals surface area contributed by atoms with Crippen molar-refractivity contribution in [3.8, 4) is 5.75 Å². The summed E-state index contributed by atoms with van der Waals surface area (Å²) in [6.07, 6.45) is 6.24. The van der Waals surface area contributed by atoms with E-state index in [-0.39, 0.29) is 22.2 Å². The van der Waals surface area contributed by atoms with E-state index in [4.69, 9.17) is 9.47 Å². The summed E-state index contributed by atoms with van der Waals surface area (Å²) in [7, 11) is 0. The number of esters is 1. The predicted molar refractivity (Wildman–Crippen MR) is 155 cm³/mol. The molecule has 4 rings (SSSR count). The minimum Gasteiger partial charge on any atom is -0.503 e. The Balaban J connectivity index is 1.77. The number of hydrogen-bond donors (Lipinski definition) is 1. The fourth-order valence-corrected chi connectivity index (χ4v) is 5.17. The Kier molecular flexibility index (Phi) is 9.29. The van der Waals surface area contributed by atoms with Crippen LogP contribution in [0.5, 0.6) is 5.75 Å². The van der Waals surface area contributed by atoms with Crippen LogP contribution in [0.15, 0.2) is 84.7 Å². The Morgan fingerprint density at radius 2 is 1.95 bits per heavy atom. The van der Waals surface area contributed by atoms with Crippen LogP contribution in [0.25, 0.3) is 6.08 Å². The molecule has 1 atom stereocenters. The molecule has 1 aromatic heterocycles. The number of aliphatic hydroxyl groups is 1. The smallest absolute Gasteiger partial charge is 0.350 e.